The molecule has 98 valence electrons. The molecule has 1 fully saturated rings. The minimum atomic E-state index is -0.943. The fourth-order valence-electron chi connectivity index (χ4n) is 2.06. The summed E-state index contributed by atoms with van der Waals surface area (Å²) >= 11 is 1.69. The lowest BCUT2D eigenvalue weighted by atomic mass is 10.2. The van der Waals surface area contributed by atoms with Crippen molar-refractivity contribution in [2.24, 2.45) is 0 Å². The minimum Gasteiger partial charge on any atom is -0.480 e. The van der Waals surface area contributed by atoms with Crippen molar-refractivity contribution < 1.29 is 14.7 Å². The Hall–Kier alpha value is -0.710. The molecule has 1 rings (SSSR count). The number of carbonyl (C=O) groups excluding carboxylic acids is 1. The quantitative estimate of drug-likeness (QED) is 0.741. The summed E-state index contributed by atoms with van der Waals surface area (Å²) in [5.41, 5.74) is 0. The molecule has 17 heavy (non-hydrogen) atoms. The van der Waals surface area contributed by atoms with Crippen LogP contribution in [0.5, 0.6) is 0 Å². The highest BCUT2D eigenvalue weighted by Crippen LogP contribution is 2.27. The van der Waals surface area contributed by atoms with Gasteiger partial charge in [-0.25, -0.2) is 4.79 Å². The monoisotopic (exact) mass is 259 g/mol. The van der Waals surface area contributed by atoms with Crippen LogP contribution in [0.25, 0.3) is 0 Å². The van der Waals surface area contributed by atoms with Crippen LogP contribution in [0.1, 0.15) is 45.4 Å². The molecule has 0 bridgehead atoms. The minimum absolute atomic E-state index is 0.279. The highest BCUT2D eigenvalue weighted by Gasteiger charge is 2.21. The lowest BCUT2D eigenvalue weighted by molar-refractivity contribution is -0.140. The first kappa shape index (κ1) is 14.4. The van der Waals surface area contributed by atoms with Crippen LogP contribution >= 0.6 is 11.8 Å². The van der Waals surface area contributed by atoms with E-state index in [9.17, 15) is 9.59 Å². The molecule has 0 spiro atoms. The Morgan fingerprint density at radius 1 is 1.29 bits per heavy atom. The van der Waals surface area contributed by atoms with Gasteiger partial charge in [-0.3, -0.25) is 4.79 Å². The molecule has 1 amide bonds. The van der Waals surface area contributed by atoms with E-state index in [2.05, 4.69) is 5.32 Å². The van der Waals surface area contributed by atoms with Gasteiger partial charge in [-0.1, -0.05) is 25.7 Å². The Balaban J connectivity index is 2.34. The van der Waals surface area contributed by atoms with Gasteiger partial charge in [0.2, 0.25) is 5.91 Å². The average Bonchev–Trinajstić information content (AvgIpc) is 2.51. The maximum absolute atomic E-state index is 10.9. The number of rotatable bonds is 5. The fraction of sp³-hybridized carbons (Fsp3) is 0.833. The van der Waals surface area contributed by atoms with Gasteiger partial charge in [-0.15, -0.1) is 0 Å². The lowest BCUT2D eigenvalue weighted by Gasteiger charge is -2.17. The maximum Gasteiger partial charge on any atom is 0.327 e. The Morgan fingerprint density at radius 3 is 2.35 bits per heavy atom. The van der Waals surface area contributed by atoms with Crippen molar-refractivity contribution in [2.45, 2.75) is 56.7 Å². The Kier molecular flexibility index (Phi) is 6.40. The number of nitrogens with one attached hydrogen (secondary N) is 1. The van der Waals surface area contributed by atoms with Crippen LogP contribution in [-0.4, -0.2) is 34.0 Å². The van der Waals surface area contributed by atoms with Gasteiger partial charge < -0.3 is 10.4 Å². The molecular formula is C12H21NO3S. The van der Waals surface area contributed by atoms with Gasteiger partial charge in [-0.2, -0.15) is 11.8 Å². The second-order valence-electron chi connectivity index (χ2n) is 4.54. The maximum atomic E-state index is 10.9. The van der Waals surface area contributed by atoms with Crippen molar-refractivity contribution in [3.63, 3.8) is 0 Å². The van der Waals surface area contributed by atoms with Gasteiger partial charge in [0, 0.05) is 17.9 Å². The SMILES string of the molecule is CC(=O)N[C@@H](CSC1CCCCCC1)C(=O)O. The molecule has 0 aliphatic heterocycles. The molecule has 0 heterocycles. The van der Waals surface area contributed by atoms with Crippen molar-refractivity contribution in [1.29, 1.82) is 0 Å². The molecule has 4 nitrogen and oxygen atoms in total. The Morgan fingerprint density at radius 2 is 1.88 bits per heavy atom. The van der Waals surface area contributed by atoms with Gasteiger partial charge in [0.1, 0.15) is 6.04 Å². The summed E-state index contributed by atoms with van der Waals surface area (Å²) in [4.78, 5) is 21.8. The number of thioether (sulfide) groups is 1. The number of hydrogen-bond acceptors (Lipinski definition) is 3. The molecule has 0 aromatic carbocycles. The van der Waals surface area contributed by atoms with E-state index >= 15 is 0 Å². The predicted octanol–water partition coefficient (Wildman–Crippen LogP) is 2.03. The topological polar surface area (TPSA) is 66.4 Å². The van der Waals surface area contributed by atoms with Crippen molar-refractivity contribution in [2.75, 3.05) is 5.75 Å². The van der Waals surface area contributed by atoms with E-state index in [4.69, 9.17) is 5.11 Å². The molecule has 2 N–H and O–H groups in total. The van der Waals surface area contributed by atoms with Gasteiger partial charge >= 0.3 is 5.97 Å². The van der Waals surface area contributed by atoms with Crippen molar-refractivity contribution in [3.8, 4) is 0 Å². The molecule has 0 saturated heterocycles. The molecule has 0 aromatic heterocycles. The second kappa shape index (κ2) is 7.58. The summed E-state index contributed by atoms with van der Waals surface area (Å²) in [7, 11) is 0. The van der Waals surface area contributed by atoms with Crippen LogP contribution in [0, 0.1) is 0 Å². The Labute approximate surface area is 107 Å². The van der Waals surface area contributed by atoms with E-state index in [0.717, 1.165) is 0 Å². The van der Waals surface area contributed by atoms with E-state index in [1.807, 2.05) is 0 Å². The first-order valence-corrected chi connectivity index (χ1v) is 7.26. The van der Waals surface area contributed by atoms with E-state index in [1.54, 1.807) is 11.8 Å². The summed E-state index contributed by atoms with van der Waals surface area (Å²) in [5, 5.41) is 12.0. The standard InChI is InChI=1S/C12H21NO3S/c1-9(14)13-11(12(15)16)8-17-10-6-4-2-3-5-7-10/h10-11H,2-8H2,1H3,(H,13,14)(H,15,16)/t11-/m0/s1. The van der Waals surface area contributed by atoms with Gasteiger partial charge in [0.25, 0.3) is 0 Å². The van der Waals surface area contributed by atoms with E-state index in [-0.39, 0.29) is 5.91 Å². The number of carbonyl (C=O) groups is 2. The summed E-state index contributed by atoms with van der Waals surface area (Å²) < 4.78 is 0. The summed E-state index contributed by atoms with van der Waals surface area (Å²) in [6, 6.07) is -0.749. The predicted molar refractivity (Wildman–Crippen MR) is 69.2 cm³/mol. The number of amides is 1. The number of carboxylic acids is 1. The molecule has 0 aromatic rings. The highest BCUT2D eigenvalue weighted by molar-refractivity contribution is 7.99. The molecule has 1 aliphatic carbocycles. The van der Waals surface area contributed by atoms with Gasteiger partial charge in [0.15, 0.2) is 0 Å². The van der Waals surface area contributed by atoms with Gasteiger partial charge in [0.05, 0.1) is 0 Å². The van der Waals surface area contributed by atoms with Crippen LogP contribution in [-0.2, 0) is 9.59 Å². The van der Waals surface area contributed by atoms with Crippen LogP contribution in [0.15, 0.2) is 0 Å². The normalized spacial score (nSPS) is 19.4. The van der Waals surface area contributed by atoms with Crippen molar-refractivity contribution in [1.82, 2.24) is 5.32 Å². The zero-order valence-electron chi connectivity index (χ0n) is 10.3. The van der Waals surface area contributed by atoms with E-state index < -0.39 is 12.0 Å². The summed E-state index contributed by atoms with van der Waals surface area (Å²) in [6.07, 6.45) is 7.44. The summed E-state index contributed by atoms with van der Waals surface area (Å²) in [5.74, 6) is -0.750. The zero-order chi connectivity index (χ0) is 12.7. The largest absolute Gasteiger partial charge is 0.480 e. The number of aliphatic carboxylic acids is 1. The molecule has 5 heteroatoms. The van der Waals surface area contributed by atoms with Gasteiger partial charge in [-0.05, 0) is 12.8 Å². The summed E-state index contributed by atoms with van der Waals surface area (Å²) in [6.45, 7) is 1.35. The molecule has 0 radical (unpaired) electrons. The number of carboxylic acid groups (broad SMARTS) is 1. The smallest absolute Gasteiger partial charge is 0.327 e. The van der Waals surface area contributed by atoms with Crippen LogP contribution < -0.4 is 5.32 Å². The fourth-order valence-corrected chi connectivity index (χ4v) is 3.42. The molecule has 0 unspecified atom stereocenters. The highest BCUT2D eigenvalue weighted by atomic mass is 32.2. The first-order chi connectivity index (χ1) is 8.09. The second-order valence-corrected chi connectivity index (χ2v) is 5.87. The number of hydrogen-bond donors (Lipinski definition) is 2. The van der Waals surface area contributed by atoms with Crippen LogP contribution in [0.3, 0.4) is 0 Å². The zero-order valence-corrected chi connectivity index (χ0v) is 11.1. The third-order valence-corrected chi connectivity index (χ3v) is 4.44. The van der Waals surface area contributed by atoms with Crippen LogP contribution in [0.2, 0.25) is 0 Å². The van der Waals surface area contributed by atoms with Crippen LogP contribution in [0.4, 0.5) is 0 Å². The molecular weight excluding hydrogens is 238 g/mol. The molecule has 1 aliphatic rings. The molecule has 1 saturated carbocycles. The first-order valence-electron chi connectivity index (χ1n) is 6.21. The lowest BCUT2D eigenvalue weighted by Crippen LogP contribution is -2.41. The van der Waals surface area contributed by atoms with E-state index in [0.29, 0.717) is 11.0 Å². The van der Waals surface area contributed by atoms with Crippen molar-refractivity contribution in [3.05, 3.63) is 0 Å². The third-order valence-electron chi connectivity index (χ3n) is 2.98. The third kappa shape index (κ3) is 5.96. The van der Waals surface area contributed by atoms with E-state index in [1.165, 1.54) is 45.4 Å². The molecule has 1 atom stereocenters. The van der Waals surface area contributed by atoms with Crippen molar-refractivity contribution >= 4 is 23.6 Å². The Bertz CT molecular complexity index is 262. The average molecular weight is 259 g/mol.